The van der Waals surface area contributed by atoms with Crippen LogP contribution in [0.1, 0.15) is 31.2 Å². The van der Waals surface area contributed by atoms with E-state index in [4.69, 9.17) is 4.74 Å². The van der Waals surface area contributed by atoms with E-state index in [-0.39, 0.29) is 18.0 Å². The first kappa shape index (κ1) is 19.4. The summed E-state index contributed by atoms with van der Waals surface area (Å²) in [5.74, 6) is -0.0656. The summed E-state index contributed by atoms with van der Waals surface area (Å²) in [6.07, 6.45) is 3.79. The largest absolute Gasteiger partial charge is 0.381 e. The molecule has 0 radical (unpaired) electrons. The average molecular weight is 386 g/mol. The summed E-state index contributed by atoms with van der Waals surface area (Å²) in [5, 5.41) is 3.04. The van der Waals surface area contributed by atoms with Crippen molar-refractivity contribution >= 4 is 11.9 Å². The number of rotatable bonds is 5. The molecule has 0 bridgehead atoms. The number of likely N-dealkylation sites (tertiary alicyclic amines) is 2. The highest BCUT2D eigenvalue weighted by molar-refractivity contribution is 6.07. The summed E-state index contributed by atoms with van der Waals surface area (Å²) in [6, 6.07) is 10.0. The Morgan fingerprint density at radius 1 is 1.11 bits per heavy atom. The summed E-state index contributed by atoms with van der Waals surface area (Å²) >= 11 is 0. The fourth-order valence-electron chi connectivity index (χ4n) is 4.69. The predicted molar refractivity (Wildman–Crippen MR) is 106 cm³/mol. The van der Waals surface area contributed by atoms with Crippen molar-refractivity contribution in [2.24, 2.45) is 0 Å². The van der Waals surface area contributed by atoms with E-state index >= 15 is 0 Å². The van der Waals surface area contributed by atoms with Crippen LogP contribution in [0.5, 0.6) is 0 Å². The molecule has 3 heterocycles. The molecule has 1 N–H and O–H groups in total. The van der Waals surface area contributed by atoms with E-state index in [9.17, 15) is 9.59 Å². The number of hydrogen-bond acceptors (Lipinski definition) is 5. The van der Waals surface area contributed by atoms with Crippen molar-refractivity contribution in [3.63, 3.8) is 0 Å². The van der Waals surface area contributed by atoms with E-state index in [1.807, 2.05) is 18.2 Å². The van der Waals surface area contributed by atoms with Gasteiger partial charge in [0.2, 0.25) is 0 Å². The molecule has 3 aliphatic rings. The summed E-state index contributed by atoms with van der Waals surface area (Å²) in [4.78, 5) is 31.8. The molecule has 3 fully saturated rings. The molecule has 1 unspecified atom stereocenters. The fourth-order valence-corrected chi connectivity index (χ4v) is 4.69. The number of carbonyl (C=O) groups excluding carboxylic acids is 2. The van der Waals surface area contributed by atoms with Crippen molar-refractivity contribution in [3.05, 3.63) is 35.9 Å². The van der Waals surface area contributed by atoms with Crippen molar-refractivity contribution < 1.29 is 14.3 Å². The van der Waals surface area contributed by atoms with Gasteiger partial charge in [0.15, 0.2) is 0 Å². The summed E-state index contributed by atoms with van der Waals surface area (Å²) in [6.45, 7) is 4.41. The number of urea groups is 1. The Kier molecular flexibility index (Phi) is 5.66. The smallest absolute Gasteiger partial charge is 0.326 e. The highest BCUT2D eigenvalue weighted by atomic mass is 16.5. The van der Waals surface area contributed by atoms with Gasteiger partial charge >= 0.3 is 6.03 Å². The number of methoxy groups -OCH3 is 1. The number of amides is 3. The van der Waals surface area contributed by atoms with Gasteiger partial charge in [0.25, 0.3) is 5.91 Å². The van der Waals surface area contributed by atoms with Crippen LogP contribution in [-0.4, -0.2) is 78.2 Å². The number of benzene rings is 1. The zero-order valence-corrected chi connectivity index (χ0v) is 16.6. The fraction of sp³-hybridized carbons (Fsp3) is 0.619. The van der Waals surface area contributed by atoms with Crippen molar-refractivity contribution in [1.82, 2.24) is 20.0 Å². The summed E-state index contributed by atoms with van der Waals surface area (Å²) in [7, 11) is 1.74. The number of ether oxygens (including phenoxy) is 1. The molecule has 3 amide bonds. The molecular weight excluding hydrogens is 356 g/mol. The maximum absolute atomic E-state index is 13.2. The predicted octanol–water partition coefficient (Wildman–Crippen LogP) is 1.64. The number of piperidine rings is 2. The summed E-state index contributed by atoms with van der Waals surface area (Å²) in [5.41, 5.74) is 0.462. The van der Waals surface area contributed by atoms with Crippen LogP contribution in [0.4, 0.5) is 4.79 Å². The van der Waals surface area contributed by atoms with Gasteiger partial charge < -0.3 is 10.1 Å². The van der Waals surface area contributed by atoms with Gasteiger partial charge in [-0.25, -0.2) is 9.69 Å². The number of carbonyl (C=O) groups is 2. The Labute approximate surface area is 166 Å². The first-order valence-corrected chi connectivity index (χ1v) is 10.3. The minimum absolute atomic E-state index is 0.0656. The van der Waals surface area contributed by atoms with E-state index in [1.165, 1.54) is 10.5 Å². The molecule has 3 saturated heterocycles. The van der Waals surface area contributed by atoms with Gasteiger partial charge in [-0.2, -0.15) is 0 Å². The molecule has 1 aromatic carbocycles. The van der Waals surface area contributed by atoms with Crippen LogP contribution in [0.3, 0.4) is 0 Å². The lowest BCUT2D eigenvalue weighted by molar-refractivity contribution is -0.135. The lowest BCUT2D eigenvalue weighted by Gasteiger charge is -2.38. The topological polar surface area (TPSA) is 65.1 Å². The Morgan fingerprint density at radius 2 is 1.86 bits per heavy atom. The van der Waals surface area contributed by atoms with Gasteiger partial charge in [-0.3, -0.25) is 14.6 Å². The quantitative estimate of drug-likeness (QED) is 0.780. The second-order valence-electron chi connectivity index (χ2n) is 8.24. The Bertz CT molecular complexity index is 705. The van der Waals surface area contributed by atoms with Crippen molar-refractivity contribution in [2.75, 3.05) is 40.0 Å². The first-order valence-electron chi connectivity index (χ1n) is 10.3. The van der Waals surface area contributed by atoms with Crippen LogP contribution >= 0.6 is 0 Å². The second kappa shape index (κ2) is 8.19. The molecule has 0 aliphatic carbocycles. The zero-order valence-electron chi connectivity index (χ0n) is 16.6. The molecule has 7 nitrogen and oxygen atoms in total. The Balaban J connectivity index is 1.39. The van der Waals surface area contributed by atoms with Gasteiger partial charge in [-0.05, 0) is 37.8 Å². The highest BCUT2D eigenvalue weighted by Gasteiger charge is 2.53. The lowest BCUT2D eigenvalue weighted by atomic mass is 9.88. The van der Waals surface area contributed by atoms with Crippen LogP contribution in [0, 0.1) is 0 Å². The number of imide groups is 1. The van der Waals surface area contributed by atoms with Gasteiger partial charge in [0, 0.05) is 33.3 Å². The van der Waals surface area contributed by atoms with Gasteiger partial charge in [-0.15, -0.1) is 0 Å². The number of nitrogens with zero attached hydrogens (tertiary/aromatic N) is 3. The normalized spacial score (nSPS) is 27.5. The van der Waals surface area contributed by atoms with E-state index in [2.05, 4.69) is 27.2 Å². The third-order valence-corrected chi connectivity index (χ3v) is 6.28. The van der Waals surface area contributed by atoms with E-state index in [0.29, 0.717) is 19.6 Å². The van der Waals surface area contributed by atoms with Crippen molar-refractivity contribution in [3.8, 4) is 0 Å². The molecule has 4 rings (SSSR count). The molecule has 28 heavy (non-hydrogen) atoms. The minimum atomic E-state index is -0.769. The standard InChI is InChI=1S/C21H30N4O3/c1-28-18-8-12-23(13-9-18)16-25-19(26)21(22-20(25)27)10-5-11-24(15-21)14-17-6-3-2-4-7-17/h2-4,6-7,18H,5,8-16H2,1H3,(H,22,27). The maximum Gasteiger partial charge on any atom is 0.326 e. The van der Waals surface area contributed by atoms with Gasteiger partial charge in [0.1, 0.15) is 5.54 Å². The number of nitrogens with one attached hydrogen (secondary N) is 1. The molecule has 3 aliphatic heterocycles. The summed E-state index contributed by atoms with van der Waals surface area (Å²) < 4.78 is 5.41. The Morgan fingerprint density at radius 3 is 2.57 bits per heavy atom. The van der Waals surface area contributed by atoms with Gasteiger partial charge in [-0.1, -0.05) is 30.3 Å². The highest BCUT2D eigenvalue weighted by Crippen LogP contribution is 2.29. The van der Waals surface area contributed by atoms with E-state index < -0.39 is 5.54 Å². The molecule has 1 atom stereocenters. The third-order valence-electron chi connectivity index (χ3n) is 6.28. The molecule has 0 aromatic heterocycles. The lowest BCUT2D eigenvalue weighted by Crippen LogP contribution is -2.58. The number of hydrogen-bond donors (Lipinski definition) is 1. The molecule has 1 spiro atoms. The molecule has 7 heteroatoms. The Hall–Kier alpha value is -1.96. The van der Waals surface area contributed by atoms with Crippen molar-refractivity contribution in [2.45, 2.75) is 43.9 Å². The average Bonchev–Trinajstić information content (AvgIpc) is 2.93. The first-order chi connectivity index (χ1) is 13.6. The zero-order chi connectivity index (χ0) is 19.6. The monoisotopic (exact) mass is 386 g/mol. The third kappa shape index (κ3) is 3.92. The molecule has 1 aromatic rings. The van der Waals surface area contributed by atoms with Crippen LogP contribution in [0.25, 0.3) is 0 Å². The van der Waals surface area contributed by atoms with Crippen LogP contribution in [0.15, 0.2) is 30.3 Å². The van der Waals surface area contributed by atoms with Crippen molar-refractivity contribution in [1.29, 1.82) is 0 Å². The van der Waals surface area contributed by atoms with Crippen LogP contribution in [0.2, 0.25) is 0 Å². The SMILES string of the molecule is COC1CCN(CN2C(=O)NC3(CCCN(Cc4ccccc4)C3)C2=O)CC1. The molecule has 0 saturated carbocycles. The minimum Gasteiger partial charge on any atom is -0.381 e. The van der Waals surface area contributed by atoms with E-state index in [0.717, 1.165) is 45.4 Å². The van der Waals surface area contributed by atoms with Gasteiger partial charge in [0.05, 0.1) is 12.8 Å². The molecular formula is C21H30N4O3. The second-order valence-corrected chi connectivity index (χ2v) is 8.24. The van der Waals surface area contributed by atoms with Crippen LogP contribution in [-0.2, 0) is 16.1 Å². The van der Waals surface area contributed by atoms with Crippen LogP contribution < -0.4 is 5.32 Å². The van der Waals surface area contributed by atoms with E-state index in [1.54, 1.807) is 7.11 Å². The maximum atomic E-state index is 13.2. The molecule has 152 valence electrons.